The van der Waals surface area contributed by atoms with Crippen molar-refractivity contribution in [2.45, 2.75) is 13.8 Å². The van der Waals surface area contributed by atoms with Gasteiger partial charge in [0, 0.05) is 18.3 Å². The van der Waals surface area contributed by atoms with Gasteiger partial charge in [-0.2, -0.15) is 5.10 Å². The molecule has 1 N–H and O–H groups in total. The van der Waals surface area contributed by atoms with E-state index in [1.165, 1.54) is 0 Å². The summed E-state index contributed by atoms with van der Waals surface area (Å²) in [5.74, 6) is -0.0788. The number of benzene rings is 1. The van der Waals surface area contributed by atoms with Crippen LogP contribution < -0.4 is 5.32 Å². The summed E-state index contributed by atoms with van der Waals surface area (Å²) in [5.41, 5.74) is 3.68. The molecule has 0 aliphatic rings. The number of amides is 1. The van der Waals surface area contributed by atoms with Crippen molar-refractivity contribution >= 4 is 5.91 Å². The maximum absolute atomic E-state index is 11.4. The fourth-order valence-corrected chi connectivity index (χ4v) is 1.79. The molecule has 0 unspecified atom stereocenters. The third-order valence-electron chi connectivity index (χ3n) is 2.61. The predicted octanol–water partition coefficient (Wildman–Crippen LogP) is 1.85. The first kappa shape index (κ1) is 11.4. The van der Waals surface area contributed by atoms with Crippen molar-refractivity contribution < 1.29 is 4.79 Å². The van der Waals surface area contributed by atoms with Gasteiger partial charge in [0.05, 0.1) is 11.4 Å². The molecule has 4 heteroatoms. The molecular weight excluding hydrogens is 214 g/mol. The molecule has 88 valence electrons. The Morgan fingerprint density at radius 2 is 1.88 bits per heavy atom. The SMILES string of the molecule is CNC(=O)c1ccc(-n2nc(C)cc2C)cc1. The Hall–Kier alpha value is -2.10. The number of hydrogen-bond donors (Lipinski definition) is 1. The number of aromatic nitrogens is 2. The molecule has 17 heavy (non-hydrogen) atoms. The van der Waals surface area contributed by atoms with Gasteiger partial charge in [-0.1, -0.05) is 0 Å². The van der Waals surface area contributed by atoms with Crippen molar-refractivity contribution in [2.24, 2.45) is 0 Å². The summed E-state index contributed by atoms with van der Waals surface area (Å²) >= 11 is 0. The van der Waals surface area contributed by atoms with Crippen LogP contribution in [0.4, 0.5) is 0 Å². The van der Waals surface area contributed by atoms with E-state index < -0.39 is 0 Å². The topological polar surface area (TPSA) is 46.9 Å². The molecule has 0 aliphatic carbocycles. The molecule has 4 nitrogen and oxygen atoms in total. The standard InChI is InChI=1S/C13H15N3O/c1-9-8-10(2)16(15-9)12-6-4-11(5-7-12)13(17)14-3/h4-8H,1-3H3,(H,14,17). The maximum atomic E-state index is 11.4. The van der Waals surface area contributed by atoms with Gasteiger partial charge in [-0.05, 0) is 44.2 Å². The number of hydrogen-bond acceptors (Lipinski definition) is 2. The molecule has 0 spiro atoms. The van der Waals surface area contributed by atoms with Gasteiger partial charge in [0.25, 0.3) is 5.91 Å². The quantitative estimate of drug-likeness (QED) is 0.854. The average Bonchev–Trinajstić information content (AvgIpc) is 2.68. The number of rotatable bonds is 2. The van der Waals surface area contributed by atoms with Crippen LogP contribution in [0.1, 0.15) is 21.7 Å². The highest BCUT2D eigenvalue weighted by Crippen LogP contribution is 2.12. The summed E-state index contributed by atoms with van der Waals surface area (Å²) < 4.78 is 1.86. The minimum absolute atomic E-state index is 0.0788. The molecule has 1 aromatic carbocycles. The van der Waals surface area contributed by atoms with Crippen molar-refractivity contribution in [1.29, 1.82) is 0 Å². The molecule has 2 aromatic rings. The van der Waals surface area contributed by atoms with E-state index in [1.54, 1.807) is 19.2 Å². The number of nitrogens with one attached hydrogen (secondary N) is 1. The Morgan fingerprint density at radius 3 is 2.35 bits per heavy atom. The third-order valence-corrected chi connectivity index (χ3v) is 2.61. The Kier molecular flexibility index (Phi) is 2.95. The van der Waals surface area contributed by atoms with Crippen LogP contribution in [0, 0.1) is 13.8 Å². The number of aryl methyl sites for hydroxylation is 2. The summed E-state index contributed by atoms with van der Waals surface area (Å²) in [6.07, 6.45) is 0. The molecule has 1 amide bonds. The van der Waals surface area contributed by atoms with Crippen LogP contribution in [0.5, 0.6) is 0 Å². The lowest BCUT2D eigenvalue weighted by atomic mass is 10.2. The Bertz CT molecular complexity index is 540. The zero-order valence-electron chi connectivity index (χ0n) is 10.2. The van der Waals surface area contributed by atoms with Gasteiger partial charge in [-0.15, -0.1) is 0 Å². The molecule has 1 heterocycles. The molecule has 0 bridgehead atoms. The maximum Gasteiger partial charge on any atom is 0.251 e. The second-order valence-corrected chi connectivity index (χ2v) is 3.96. The zero-order valence-corrected chi connectivity index (χ0v) is 10.2. The average molecular weight is 229 g/mol. The van der Waals surface area contributed by atoms with Gasteiger partial charge in [0.2, 0.25) is 0 Å². The fraction of sp³-hybridized carbons (Fsp3) is 0.231. The predicted molar refractivity (Wildman–Crippen MR) is 66.4 cm³/mol. The van der Waals surface area contributed by atoms with Crippen LogP contribution >= 0.6 is 0 Å². The zero-order chi connectivity index (χ0) is 12.4. The lowest BCUT2D eigenvalue weighted by Gasteiger charge is -2.05. The van der Waals surface area contributed by atoms with Gasteiger partial charge in [0.15, 0.2) is 0 Å². The van der Waals surface area contributed by atoms with E-state index in [9.17, 15) is 4.79 Å². The van der Waals surface area contributed by atoms with Crippen molar-refractivity contribution in [1.82, 2.24) is 15.1 Å². The minimum Gasteiger partial charge on any atom is -0.355 e. The van der Waals surface area contributed by atoms with Gasteiger partial charge >= 0.3 is 0 Å². The summed E-state index contributed by atoms with van der Waals surface area (Å²) in [6, 6.07) is 9.40. The first-order valence-electron chi connectivity index (χ1n) is 5.47. The first-order valence-corrected chi connectivity index (χ1v) is 5.47. The molecule has 0 radical (unpaired) electrons. The van der Waals surface area contributed by atoms with Crippen molar-refractivity contribution in [3.05, 3.63) is 47.3 Å². The minimum atomic E-state index is -0.0788. The van der Waals surface area contributed by atoms with Crippen LogP contribution in [0.3, 0.4) is 0 Å². The Balaban J connectivity index is 2.35. The fourth-order valence-electron chi connectivity index (χ4n) is 1.79. The van der Waals surface area contributed by atoms with Gasteiger partial charge in [-0.25, -0.2) is 4.68 Å². The molecule has 0 saturated carbocycles. The van der Waals surface area contributed by atoms with E-state index in [-0.39, 0.29) is 5.91 Å². The van der Waals surface area contributed by atoms with Crippen molar-refractivity contribution in [2.75, 3.05) is 7.05 Å². The normalized spacial score (nSPS) is 10.3. The second-order valence-electron chi connectivity index (χ2n) is 3.96. The lowest BCUT2D eigenvalue weighted by molar-refractivity contribution is 0.0963. The van der Waals surface area contributed by atoms with E-state index in [0.717, 1.165) is 17.1 Å². The highest BCUT2D eigenvalue weighted by atomic mass is 16.1. The first-order chi connectivity index (χ1) is 8.11. The highest BCUT2D eigenvalue weighted by molar-refractivity contribution is 5.94. The molecule has 0 aliphatic heterocycles. The van der Waals surface area contributed by atoms with Crippen LogP contribution in [-0.4, -0.2) is 22.7 Å². The summed E-state index contributed by atoms with van der Waals surface area (Å²) in [4.78, 5) is 11.4. The van der Waals surface area contributed by atoms with Crippen LogP contribution in [0.15, 0.2) is 30.3 Å². The van der Waals surface area contributed by atoms with Crippen molar-refractivity contribution in [3.8, 4) is 5.69 Å². The van der Waals surface area contributed by atoms with E-state index in [0.29, 0.717) is 5.56 Å². The van der Waals surface area contributed by atoms with Gasteiger partial charge in [0.1, 0.15) is 0 Å². The Morgan fingerprint density at radius 1 is 1.24 bits per heavy atom. The molecular formula is C13H15N3O. The second kappa shape index (κ2) is 4.41. The largest absolute Gasteiger partial charge is 0.355 e. The van der Waals surface area contributed by atoms with Gasteiger partial charge in [-0.3, -0.25) is 4.79 Å². The molecule has 0 saturated heterocycles. The van der Waals surface area contributed by atoms with Crippen molar-refractivity contribution in [3.63, 3.8) is 0 Å². The number of carbonyl (C=O) groups is 1. The van der Waals surface area contributed by atoms with E-state index >= 15 is 0 Å². The lowest BCUT2D eigenvalue weighted by Crippen LogP contribution is -2.17. The summed E-state index contributed by atoms with van der Waals surface area (Å²) in [5, 5.41) is 6.99. The monoisotopic (exact) mass is 229 g/mol. The number of nitrogens with zero attached hydrogens (tertiary/aromatic N) is 2. The molecule has 1 aromatic heterocycles. The smallest absolute Gasteiger partial charge is 0.251 e. The Labute approximate surface area is 100 Å². The highest BCUT2D eigenvalue weighted by Gasteiger charge is 2.05. The number of carbonyl (C=O) groups excluding carboxylic acids is 1. The third kappa shape index (κ3) is 2.20. The summed E-state index contributed by atoms with van der Waals surface area (Å²) in [7, 11) is 1.62. The van der Waals surface area contributed by atoms with Crippen LogP contribution in [-0.2, 0) is 0 Å². The molecule has 2 rings (SSSR count). The molecule has 0 fully saturated rings. The van der Waals surface area contributed by atoms with E-state index in [4.69, 9.17) is 0 Å². The van der Waals surface area contributed by atoms with E-state index in [1.807, 2.05) is 36.7 Å². The van der Waals surface area contributed by atoms with E-state index in [2.05, 4.69) is 10.4 Å². The van der Waals surface area contributed by atoms with Gasteiger partial charge < -0.3 is 5.32 Å². The van der Waals surface area contributed by atoms with Crippen LogP contribution in [0.25, 0.3) is 5.69 Å². The van der Waals surface area contributed by atoms with Crippen LogP contribution in [0.2, 0.25) is 0 Å². The molecule has 0 atom stereocenters. The summed E-state index contributed by atoms with van der Waals surface area (Å²) in [6.45, 7) is 3.97.